The van der Waals surface area contributed by atoms with Crippen LogP contribution < -0.4 is 10.6 Å². The summed E-state index contributed by atoms with van der Waals surface area (Å²) < 4.78 is 0. The maximum atomic E-state index is 12.6. The second-order valence-corrected chi connectivity index (χ2v) is 7.22. The number of carbonyl (C=O) groups excluding carboxylic acids is 2. The Kier molecular flexibility index (Phi) is 6.56. The van der Waals surface area contributed by atoms with Gasteiger partial charge in [-0.25, -0.2) is 0 Å². The zero-order valence-electron chi connectivity index (χ0n) is 16.1. The average Bonchev–Trinajstić information content (AvgIpc) is 2.62. The molecule has 2 N–H and O–H groups in total. The molecule has 0 spiro atoms. The van der Waals surface area contributed by atoms with Crippen LogP contribution in [0.1, 0.15) is 37.0 Å². The molecule has 26 heavy (non-hydrogen) atoms. The average molecular weight is 352 g/mol. The quantitative estimate of drug-likeness (QED) is 0.584. The van der Waals surface area contributed by atoms with Gasteiger partial charge in [-0.1, -0.05) is 36.4 Å². The van der Waals surface area contributed by atoms with Crippen LogP contribution in [0.15, 0.2) is 48.5 Å². The van der Waals surface area contributed by atoms with Crippen molar-refractivity contribution in [3.05, 3.63) is 65.2 Å². The number of benzene rings is 2. The van der Waals surface area contributed by atoms with E-state index in [4.69, 9.17) is 0 Å². The van der Waals surface area contributed by atoms with E-state index in [-0.39, 0.29) is 11.8 Å². The van der Waals surface area contributed by atoms with E-state index in [1.807, 2.05) is 50.2 Å². The summed E-state index contributed by atoms with van der Waals surface area (Å²) in [5.74, 6) is -0.562. The van der Waals surface area contributed by atoms with Gasteiger partial charge in [-0.05, 0) is 69.4 Å². The summed E-state index contributed by atoms with van der Waals surface area (Å²) in [6, 6.07) is 15.9. The molecule has 2 aromatic rings. The Bertz CT molecular complexity index is 767. The van der Waals surface area contributed by atoms with E-state index in [0.717, 1.165) is 18.4 Å². The summed E-state index contributed by atoms with van der Waals surface area (Å²) in [7, 11) is 0. The smallest absolute Gasteiger partial charge is 0.239 e. The molecule has 0 aliphatic heterocycles. The molecule has 0 unspecified atom stereocenters. The summed E-state index contributed by atoms with van der Waals surface area (Å²) in [4.78, 5) is 25.0. The van der Waals surface area contributed by atoms with E-state index in [1.54, 1.807) is 13.8 Å². The normalized spacial score (nSPS) is 11.1. The molecule has 4 heteroatoms. The molecule has 0 aromatic heterocycles. The third-order valence-corrected chi connectivity index (χ3v) is 4.67. The fraction of sp³-hybridized carbons (Fsp3) is 0.364. The molecular weight excluding hydrogens is 324 g/mol. The highest BCUT2D eigenvalue weighted by atomic mass is 16.2. The Hall–Kier alpha value is -2.62. The number of carbonyl (C=O) groups is 2. The second kappa shape index (κ2) is 8.65. The SMILES string of the molecule is Cc1ccc(NC(=O)C(C)(C)C(=O)NCCCc2ccccc2)cc1C. The Morgan fingerprint density at radius 3 is 2.27 bits per heavy atom. The lowest BCUT2D eigenvalue weighted by Gasteiger charge is -2.23. The minimum atomic E-state index is -1.13. The van der Waals surface area contributed by atoms with Gasteiger partial charge in [-0.2, -0.15) is 0 Å². The maximum Gasteiger partial charge on any atom is 0.239 e. The number of hydrogen-bond acceptors (Lipinski definition) is 2. The number of aryl methyl sites for hydroxylation is 3. The Morgan fingerprint density at radius 1 is 0.923 bits per heavy atom. The van der Waals surface area contributed by atoms with E-state index >= 15 is 0 Å². The van der Waals surface area contributed by atoms with Gasteiger partial charge in [0.2, 0.25) is 11.8 Å². The third-order valence-electron chi connectivity index (χ3n) is 4.67. The van der Waals surface area contributed by atoms with Gasteiger partial charge in [0.05, 0.1) is 0 Å². The number of amides is 2. The van der Waals surface area contributed by atoms with Crippen molar-refractivity contribution in [1.29, 1.82) is 0 Å². The van der Waals surface area contributed by atoms with Crippen molar-refractivity contribution in [1.82, 2.24) is 5.32 Å². The predicted octanol–water partition coefficient (Wildman–Crippen LogP) is 4.02. The highest BCUT2D eigenvalue weighted by Gasteiger charge is 2.35. The zero-order chi connectivity index (χ0) is 19.2. The number of hydrogen-bond donors (Lipinski definition) is 2. The fourth-order valence-electron chi connectivity index (χ4n) is 2.57. The largest absolute Gasteiger partial charge is 0.355 e. The second-order valence-electron chi connectivity index (χ2n) is 7.22. The molecule has 0 saturated heterocycles. The van der Waals surface area contributed by atoms with Crippen LogP contribution in [-0.2, 0) is 16.0 Å². The van der Waals surface area contributed by atoms with E-state index in [1.165, 1.54) is 11.1 Å². The lowest BCUT2D eigenvalue weighted by atomic mass is 9.90. The van der Waals surface area contributed by atoms with E-state index in [2.05, 4.69) is 22.8 Å². The van der Waals surface area contributed by atoms with Crippen LogP contribution in [0.3, 0.4) is 0 Å². The van der Waals surface area contributed by atoms with Gasteiger partial charge in [-0.3, -0.25) is 9.59 Å². The lowest BCUT2D eigenvalue weighted by molar-refractivity contribution is -0.138. The molecule has 0 aliphatic carbocycles. The van der Waals surface area contributed by atoms with Gasteiger partial charge in [0.15, 0.2) is 0 Å². The highest BCUT2D eigenvalue weighted by molar-refractivity contribution is 6.09. The van der Waals surface area contributed by atoms with Crippen molar-refractivity contribution in [3.63, 3.8) is 0 Å². The van der Waals surface area contributed by atoms with Crippen molar-refractivity contribution in [2.24, 2.45) is 5.41 Å². The Labute approximate surface area is 156 Å². The summed E-state index contributed by atoms with van der Waals surface area (Å²) >= 11 is 0. The van der Waals surface area contributed by atoms with Crippen molar-refractivity contribution in [3.8, 4) is 0 Å². The molecule has 0 aliphatic rings. The summed E-state index contributed by atoms with van der Waals surface area (Å²) in [5, 5.41) is 5.73. The zero-order valence-corrected chi connectivity index (χ0v) is 16.1. The first-order chi connectivity index (χ1) is 12.3. The topological polar surface area (TPSA) is 58.2 Å². The van der Waals surface area contributed by atoms with Crippen LogP contribution >= 0.6 is 0 Å². The molecule has 2 amide bonds. The van der Waals surface area contributed by atoms with Crippen LogP contribution in [0.5, 0.6) is 0 Å². The summed E-state index contributed by atoms with van der Waals surface area (Å²) in [6.45, 7) is 7.86. The number of rotatable bonds is 7. The number of anilines is 1. The Morgan fingerprint density at radius 2 is 1.62 bits per heavy atom. The monoisotopic (exact) mass is 352 g/mol. The molecule has 0 atom stereocenters. The first-order valence-electron chi connectivity index (χ1n) is 9.01. The van der Waals surface area contributed by atoms with Gasteiger partial charge >= 0.3 is 0 Å². The van der Waals surface area contributed by atoms with Crippen LogP contribution in [0, 0.1) is 19.3 Å². The Balaban J connectivity index is 1.85. The molecule has 0 fully saturated rings. The predicted molar refractivity (Wildman–Crippen MR) is 106 cm³/mol. The van der Waals surface area contributed by atoms with Gasteiger partial charge in [0, 0.05) is 12.2 Å². The first kappa shape index (κ1) is 19.7. The summed E-state index contributed by atoms with van der Waals surface area (Å²) in [5.41, 5.74) is 3.09. The lowest BCUT2D eigenvalue weighted by Crippen LogP contribution is -2.45. The minimum absolute atomic E-state index is 0.258. The van der Waals surface area contributed by atoms with E-state index < -0.39 is 5.41 Å². The van der Waals surface area contributed by atoms with Gasteiger partial charge in [0.1, 0.15) is 5.41 Å². The van der Waals surface area contributed by atoms with Gasteiger partial charge < -0.3 is 10.6 Å². The van der Waals surface area contributed by atoms with Crippen molar-refractivity contribution in [2.75, 3.05) is 11.9 Å². The van der Waals surface area contributed by atoms with E-state index in [0.29, 0.717) is 12.2 Å². The van der Waals surface area contributed by atoms with Crippen LogP contribution in [0.4, 0.5) is 5.69 Å². The van der Waals surface area contributed by atoms with Gasteiger partial charge in [-0.15, -0.1) is 0 Å². The van der Waals surface area contributed by atoms with Crippen molar-refractivity contribution < 1.29 is 9.59 Å². The van der Waals surface area contributed by atoms with E-state index in [9.17, 15) is 9.59 Å². The highest BCUT2D eigenvalue weighted by Crippen LogP contribution is 2.21. The summed E-state index contributed by atoms with van der Waals surface area (Å²) in [6.07, 6.45) is 1.74. The van der Waals surface area contributed by atoms with Crippen LogP contribution in [0.2, 0.25) is 0 Å². The molecule has 4 nitrogen and oxygen atoms in total. The first-order valence-corrected chi connectivity index (χ1v) is 9.01. The molecule has 0 radical (unpaired) electrons. The third kappa shape index (κ3) is 5.19. The molecule has 0 saturated carbocycles. The van der Waals surface area contributed by atoms with Crippen LogP contribution in [-0.4, -0.2) is 18.4 Å². The van der Waals surface area contributed by atoms with Crippen LogP contribution in [0.25, 0.3) is 0 Å². The minimum Gasteiger partial charge on any atom is -0.355 e. The molecule has 2 aromatic carbocycles. The molecule has 2 rings (SSSR count). The standard InChI is InChI=1S/C22H28N2O2/c1-16-12-13-19(15-17(16)2)24-21(26)22(3,4)20(25)23-14-8-11-18-9-6-5-7-10-18/h5-7,9-10,12-13,15H,8,11,14H2,1-4H3,(H,23,25)(H,24,26). The molecule has 0 heterocycles. The molecule has 0 bridgehead atoms. The fourth-order valence-corrected chi connectivity index (χ4v) is 2.57. The molecule has 138 valence electrons. The number of nitrogens with one attached hydrogen (secondary N) is 2. The van der Waals surface area contributed by atoms with Crippen molar-refractivity contribution >= 4 is 17.5 Å². The van der Waals surface area contributed by atoms with Crippen molar-refractivity contribution in [2.45, 2.75) is 40.5 Å². The maximum absolute atomic E-state index is 12.6. The molecular formula is C22H28N2O2. The van der Waals surface area contributed by atoms with Gasteiger partial charge in [0.25, 0.3) is 0 Å².